The van der Waals surface area contributed by atoms with Crippen molar-refractivity contribution in [2.45, 2.75) is 38.5 Å². The van der Waals surface area contributed by atoms with Crippen LogP contribution in [-0.4, -0.2) is 17.9 Å². The summed E-state index contributed by atoms with van der Waals surface area (Å²) in [6.07, 6.45) is 7.85. The van der Waals surface area contributed by atoms with Gasteiger partial charge in [-0.05, 0) is 76.7 Å². The Morgan fingerprint density at radius 1 is 1.03 bits per heavy atom. The lowest BCUT2D eigenvalue weighted by molar-refractivity contribution is -0.107. The third-order valence-electron chi connectivity index (χ3n) is 5.37. The van der Waals surface area contributed by atoms with Gasteiger partial charge in [-0.3, -0.25) is 0 Å². The van der Waals surface area contributed by atoms with Crippen LogP contribution in [0.25, 0.3) is 10.9 Å². The molecule has 4 rings (SSSR count). The standard InChI is InChI=1S/C24H24BrNO3/c25-21-15-20(8-10-23(21)28-16-18-4-2-1-3-5-18)29-24-11-7-19-14-17(12-13-27)6-9-22(19)26-24/h6-11,13-15,18H,1-5,12,16H2. The number of ether oxygens (including phenoxy) is 2. The Bertz CT molecular complexity index is 999. The second-order valence-electron chi connectivity index (χ2n) is 7.56. The minimum Gasteiger partial charge on any atom is -0.492 e. The molecular weight excluding hydrogens is 430 g/mol. The Kier molecular flexibility index (Phi) is 6.45. The molecule has 5 heteroatoms. The molecule has 1 fully saturated rings. The minimum absolute atomic E-state index is 0.414. The van der Waals surface area contributed by atoms with Crippen LogP contribution >= 0.6 is 15.9 Å². The molecule has 4 nitrogen and oxygen atoms in total. The lowest BCUT2D eigenvalue weighted by atomic mass is 9.90. The summed E-state index contributed by atoms with van der Waals surface area (Å²) in [7, 11) is 0. The van der Waals surface area contributed by atoms with Gasteiger partial charge in [-0.1, -0.05) is 25.3 Å². The Hall–Kier alpha value is -2.40. The Morgan fingerprint density at radius 3 is 2.69 bits per heavy atom. The Morgan fingerprint density at radius 2 is 1.90 bits per heavy atom. The highest BCUT2D eigenvalue weighted by molar-refractivity contribution is 9.10. The van der Waals surface area contributed by atoms with Gasteiger partial charge in [0.15, 0.2) is 0 Å². The van der Waals surface area contributed by atoms with E-state index in [1.54, 1.807) is 0 Å². The van der Waals surface area contributed by atoms with Crippen molar-refractivity contribution in [3.8, 4) is 17.4 Å². The number of halogens is 1. The predicted molar refractivity (Wildman–Crippen MR) is 118 cm³/mol. The molecule has 0 saturated heterocycles. The number of rotatable bonds is 7. The van der Waals surface area contributed by atoms with Gasteiger partial charge in [0.25, 0.3) is 0 Å². The van der Waals surface area contributed by atoms with Crippen LogP contribution in [-0.2, 0) is 11.2 Å². The van der Waals surface area contributed by atoms with Gasteiger partial charge in [0.05, 0.1) is 16.6 Å². The number of pyridine rings is 1. The molecule has 0 spiro atoms. The molecule has 29 heavy (non-hydrogen) atoms. The average molecular weight is 454 g/mol. The highest BCUT2D eigenvalue weighted by atomic mass is 79.9. The van der Waals surface area contributed by atoms with E-state index in [0.717, 1.165) is 39.6 Å². The minimum atomic E-state index is 0.414. The number of carbonyl (C=O) groups is 1. The maximum Gasteiger partial charge on any atom is 0.219 e. The molecule has 0 aliphatic heterocycles. The van der Waals surface area contributed by atoms with Crippen LogP contribution in [0.2, 0.25) is 0 Å². The summed E-state index contributed by atoms with van der Waals surface area (Å²) in [5, 5.41) is 0.990. The zero-order valence-electron chi connectivity index (χ0n) is 16.3. The smallest absolute Gasteiger partial charge is 0.219 e. The molecule has 0 radical (unpaired) electrons. The van der Waals surface area contributed by atoms with E-state index in [9.17, 15) is 4.79 Å². The normalized spacial score (nSPS) is 14.7. The van der Waals surface area contributed by atoms with Crippen LogP contribution in [0.3, 0.4) is 0 Å². The van der Waals surface area contributed by atoms with E-state index in [-0.39, 0.29) is 0 Å². The van der Waals surface area contributed by atoms with Crippen molar-refractivity contribution >= 4 is 33.1 Å². The summed E-state index contributed by atoms with van der Waals surface area (Å²) in [6.45, 7) is 0.775. The number of fused-ring (bicyclic) bond motifs is 1. The quantitative estimate of drug-likeness (QED) is 0.383. The molecule has 1 aromatic heterocycles. The molecule has 1 heterocycles. The second-order valence-corrected chi connectivity index (χ2v) is 8.41. The molecule has 1 aliphatic carbocycles. The molecule has 0 atom stereocenters. The summed E-state index contributed by atoms with van der Waals surface area (Å²) in [6, 6.07) is 15.4. The van der Waals surface area contributed by atoms with Crippen LogP contribution in [0.4, 0.5) is 0 Å². The monoisotopic (exact) mass is 453 g/mol. The maximum atomic E-state index is 10.7. The second kappa shape index (κ2) is 9.40. The molecular formula is C24H24BrNO3. The SMILES string of the molecule is O=CCc1ccc2nc(Oc3ccc(OCC4CCCCC4)c(Br)c3)ccc2c1. The van der Waals surface area contributed by atoms with Gasteiger partial charge in [-0.2, -0.15) is 0 Å². The largest absolute Gasteiger partial charge is 0.492 e. The van der Waals surface area contributed by atoms with Gasteiger partial charge in [0.2, 0.25) is 5.88 Å². The highest BCUT2D eigenvalue weighted by Gasteiger charge is 2.15. The topological polar surface area (TPSA) is 48.4 Å². The number of nitrogens with zero attached hydrogens (tertiary/aromatic N) is 1. The fraction of sp³-hybridized carbons (Fsp3) is 0.333. The van der Waals surface area contributed by atoms with Crippen molar-refractivity contribution in [3.63, 3.8) is 0 Å². The molecule has 150 valence electrons. The number of carbonyl (C=O) groups excluding carboxylic acids is 1. The van der Waals surface area contributed by atoms with E-state index in [2.05, 4.69) is 20.9 Å². The Balaban J connectivity index is 1.42. The van der Waals surface area contributed by atoms with Crippen molar-refractivity contribution in [1.82, 2.24) is 4.98 Å². The fourth-order valence-corrected chi connectivity index (χ4v) is 4.25. The van der Waals surface area contributed by atoms with Crippen LogP contribution in [0.1, 0.15) is 37.7 Å². The van der Waals surface area contributed by atoms with Crippen molar-refractivity contribution in [3.05, 3.63) is 58.6 Å². The third-order valence-corrected chi connectivity index (χ3v) is 5.99. The first kappa shape index (κ1) is 19.9. The number of benzene rings is 2. The maximum absolute atomic E-state index is 10.7. The fourth-order valence-electron chi connectivity index (χ4n) is 3.78. The number of hydrogen-bond donors (Lipinski definition) is 0. The first-order valence-electron chi connectivity index (χ1n) is 10.1. The van der Waals surface area contributed by atoms with Gasteiger partial charge in [0, 0.05) is 17.9 Å². The molecule has 1 aliphatic rings. The predicted octanol–water partition coefficient (Wildman–Crippen LogP) is 6.49. The lowest BCUT2D eigenvalue weighted by Crippen LogP contribution is -2.15. The van der Waals surface area contributed by atoms with Gasteiger partial charge >= 0.3 is 0 Å². The summed E-state index contributed by atoms with van der Waals surface area (Å²) >= 11 is 3.59. The van der Waals surface area contributed by atoms with Crippen LogP contribution in [0, 0.1) is 5.92 Å². The average Bonchev–Trinajstić information content (AvgIpc) is 2.74. The van der Waals surface area contributed by atoms with E-state index in [4.69, 9.17) is 9.47 Å². The number of hydrogen-bond acceptors (Lipinski definition) is 4. The molecule has 2 aromatic carbocycles. The first-order chi connectivity index (χ1) is 14.2. The van der Waals surface area contributed by atoms with Gasteiger partial charge in [-0.15, -0.1) is 0 Å². The zero-order chi connectivity index (χ0) is 20.1. The molecule has 1 saturated carbocycles. The molecule has 0 N–H and O–H groups in total. The molecule has 0 bridgehead atoms. The third kappa shape index (κ3) is 5.15. The molecule has 0 amide bonds. The van der Waals surface area contributed by atoms with Crippen molar-refractivity contribution in [2.24, 2.45) is 5.92 Å². The molecule has 3 aromatic rings. The van der Waals surface area contributed by atoms with Gasteiger partial charge in [-0.25, -0.2) is 4.98 Å². The number of aromatic nitrogens is 1. The van der Waals surface area contributed by atoms with E-state index in [0.29, 0.717) is 24.0 Å². The van der Waals surface area contributed by atoms with Crippen molar-refractivity contribution < 1.29 is 14.3 Å². The Labute approximate surface area is 179 Å². The summed E-state index contributed by atoms with van der Waals surface area (Å²) in [4.78, 5) is 15.3. The summed E-state index contributed by atoms with van der Waals surface area (Å²) < 4.78 is 12.8. The van der Waals surface area contributed by atoms with Gasteiger partial charge < -0.3 is 14.3 Å². The highest BCUT2D eigenvalue weighted by Crippen LogP contribution is 2.33. The first-order valence-corrected chi connectivity index (χ1v) is 10.9. The zero-order valence-corrected chi connectivity index (χ0v) is 17.9. The van der Waals surface area contributed by atoms with E-state index >= 15 is 0 Å². The van der Waals surface area contributed by atoms with Crippen LogP contribution < -0.4 is 9.47 Å². The number of aldehydes is 1. The van der Waals surface area contributed by atoms with Gasteiger partial charge in [0.1, 0.15) is 17.8 Å². The van der Waals surface area contributed by atoms with Crippen molar-refractivity contribution in [2.75, 3.05) is 6.61 Å². The van der Waals surface area contributed by atoms with E-state index in [1.807, 2.05) is 48.5 Å². The lowest BCUT2D eigenvalue weighted by Gasteiger charge is -2.22. The summed E-state index contributed by atoms with van der Waals surface area (Å²) in [5.74, 6) is 2.74. The van der Waals surface area contributed by atoms with Crippen LogP contribution in [0.15, 0.2) is 53.0 Å². The van der Waals surface area contributed by atoms with E-state index < -0.39 is 0 Å². The molecule has 0 unspecified atom stereocenters. The van der Waals surface area contributed by atoms with Crippen LogP contribution in [0.5, 0.6) is 17.4 Å². The van der Waals surface area contributed by atoms with E-state index in [1.165, 1.54) is 32.1 Å². The summed E-state index contributed by atoms with van der Waals surface area (Å²) in [5.41, 5.74) is 1.82. The van der Waals surface area contributed by atoms with Crippen molar-refractivity contribution in [1.29, 1.82) is 0 Å².